The Bertz CT molecular complexity index is 1530. The maximum atomic E-state index is 15.5. The number of aromatic amines is 1. The maximum Gasteiger partial charge on any atom is 0.471 e. The first-order chi connectivity index (χ1) is 17.0. The number of aromatic nitrogens is 5. The summed E-state index contributed by atoms with van der Waals surface area (Å²) in [5, 5.41) is 11.2. The van der Waals surface area contributed by atoms with Gasteiger partial charge in [-0.05, 0) is 25.8 Å². The molecule has 3 atom stereocenters. The molecule has 1 saturated carbocycles. The zero-order chi connectivity index (χ0) is 25.9. The van der Waals surface area contributed by atoms with Crippen molar-refractivity contribution >= 4 is 34.2 Å². The van der Waals surface area contributed by atoms with Crippen LogP contribution in [0.1, 0.15) is 30.5 Å². The fraction of sp³-hybridized carbons (Fsp3) is 0.318. The lowest BCUT2D eigenvalue weighted by Crippen LogP contribution is -2.38. The van der Waals surface area contributed by atoms with Gasteiger partial charge in [-0.15, -0.1) is 0 Å². The molecule has 1 fully saturated rings. The molecule has 0 aliphatic heterocycles. The molecule has 2 amide bonds. The molecule has 3 aromatic heterocycles. The zero-order valence-corrected chi connectivity index (χ0v) is 18.7. The van der Waals surface area contributed by atoms with Crippen LogP contribution in [0.3, 0.4) is 0 Å². The van der Waals surface area contributed by atoms with Crippen molar-refractivity contribution in [2.75, 3.05) is 5.32 Å². The molecule has 1 aliphatic rings. The van der Waals surface area contributed by atoms with Crippen LogP contribution in [-0.2, 0) is 9.59 Å². The number of nitrogens with one attached hydrogen (secondary N) is 3. The summed E-state index contributed by atoms with van der Waals surface area (Å²) in [4.78, 5) is 32.0. The number of anilines is 1. The Morgan fingerprint density at radius 1 is 1.25 bits per heavy atom. The second-order valence-corrected chi connectivity index (χ2v) is 8.59. The average molecular weight is 507 g/mol. The van der Waals surface area contributed by atoms with Gasteiger partial charge >= 0.3 is 12.1 Å². The SMILES string of the molecule is Cc1c(F)c(C(C)NC(=O)C(F)(F)F)c2[nH]ncc2c1-c1cn2cc(NC(=O)[C@@H]3C[C@@H]3F)nc2cn1. The number of alkyl halides is 4. The van der Waals surface area contributed by atoms with E-state index in [9.17, 15) is 27.2 Å². The molecule has 3 heterocycles. The third kappa shape index (κ3) is 4.01. The van der Waals surface area contributed by atoms with E-state index in [1.807, 2.05) is 0 Å². The lowest BCUT2D eigenvalue weighted by Gasteiger charge is -2.20. The van der Waals surface area contributed by atoms with Crippen LogP contribution in [0.25, 0.3) is 27.8 Å². The monoisotopic (exact) mass is 507 g/mol. The van der Waals surface area contributed by atoms with Crippen LogP contribution >= 0.6 is 0 Å². The summed E-state index contributed by atoms with van der Waals surface area (Å²) in [6.45, 7) is 2.67. The van der Waals surface area contributed by atoms with E-state index in [4.69, 9.17) is 0 Å². The van der Waals surface area contributed by atoms with Crippen molar-refractivity contribution in [2.24, 2.45) is 5.92 Å². The van der Waals surface area contributed by atoms with Crippen LogP contribution < -0.4 is 10.6 Å². The Balaban J connectivity index is 1.53. The number of hydrogen-bond acceptors (Lipinski definition) is 5. The lowest BCUT2D eigenvalue weighted by molar-refractivity contribution is -0.174. The minimum Gasteiger partial charge on any atom is -0.342 e. The first-order valence-electron chi connectivity index (χ1n) is 10.8. The van der Waals surface area contributed by atoms with Gasteiger partial charge in [-0.3, -0.25) is 19.7 Å². The maximum absolute atomic E-state index is 15.5. The fourth-order valence-electron chi connectivity index (χ4n) is 4.13. The average Bonchev–Trinajstić information content (AvgIpc) is 3.16. The van der Waals surface area contributed by atoms with E-state index in [0.29, 0.717) is 22.3 Å². The Labute approximate surface area is 199 Å². The number of rotatable bonds is 5. The fourth-order valence-corrected chi connectivity index (χ4v) is 4.13. The normalized spacial score (nSPS) is 18.4. The topological polar surface area (TPSA) is 117 Å². The largest absolute Gasteiger partial charge is 0.471 e. The number of hydrogen-bond donors (Lipinski definition) is 3. The number of halogens is 5. The summed E-state index contributed by atoms with van der Waals surface area (Å²) in [5.41, 5.74) is 0.993. The molecule has 0 bridgehead atoms. The summed E-state index contributed by atoms with van der Waals surface area (Å²) < 4.78 is 68.4. The van der Waals surface area contributed by atoms with Crippen molar-refractivity contribution in [1.82, 2.24) is 29.9 Å². The molecular weight excluding hydrogens is 489 g/mol. The van der Waals surface area contributed by atoms with Gasteiger partial charge in [-0.1, -0.05) is 0 Å². The lowest BCUT2D eigenvalue weighted by atomic mass is 9.94. The second kappa shape index (κ2) is 8.24. The Kier molecular flexibility index (Phi) is 5.41. The van der Waals surface area contributed by atoms with Gasteiger partial charge in [0.15, 0.2) is 11.5 Å². The smallest absolute Gasteiger partial charge is 0.342 e. The standard InChI is InChI=1S/C22H18F5N7O2/c1-8-16(11-4-29-33-19(11)17(18(8)24)9(2)30-21(36)22(25,26)27)13-6-34-7-14(31-15(34)5-28-13)32-20(35)10-3-12(10)23/h4-7,9-10,12H,3H2,1-2H3,(H,29,33)(H,30,36)(H,32,35)/t9?,10-,12+/m1/s1. The molecule has 9 nitrogen and oxygen atoms in total. The number of amides is 2. The number of H-pyrrole nitrogens is 1. The van der Waals surface area contributed by atoms with Crippen molar-refractivity contribution < 1.29 is 31.5 Å². The number of fused-ring (bicyclic) bond motifs is 2. The van der Waals surface area contributed by atoms with Gasteiger partial charge in [0.05, 0.1) is 41.8 Å². The molecule has 14 heteroatoms. The van der Waals surface area contributed by atoms with Crippen molar-refractivity contribution in [3.05, 3.63) is 41.7 Å². The van der Waals surface area contributed by atoms with Crippen molar-refractivity contribution in [1.29, 1.82) is 0 Å². The second-order valence-electron chi connectivity index (χ2n) is 8.59. The highest BCUT2D eigenvalue weighted by molar-refractivity contribution is 5.98. The van der Waals surface area contributed by atoms with Gasteiger partial charge in [-0.2, -0.15) is 18.3 Å². The summed E-state index contributed by atoms with van der Waals surface area (Å²) in [5.74, 6) is -3.99. The molecule has 1 aliphatic carbocycles. The number of carbonyl (C=O) groups excluding carboxylic acids is 2. The first-order valence-corrected chi connectivity index (χ1v) is 10.8. The number of imidazole rings is 1. The van der Waals surface area contributed by atoms with Crippen LogP contribution in [0.4, 0.5) is 27.8 Å². The number of benzene rings is 1. The minimum atomic E-state index is -5.12. The molecule has 3 N–H and O–H groups in total. The Hall–Kier alpha value is -4.10. The van der Waals surface area contributed by atoms with Crippen LogP contribution in [0.5, 0.6) is 0 Å². The van der Waals surface area contributed by atoms with Crippen LogP contribution in [0, 0.1) is 18.7 Å². The van der Waals surface area contributed by atoms with Crippen molar-refractivity contribution in [2.45, 2.75) is 38.7 Å². The van der Waals surface area contributed by atoms with Gasteiger partial charge in [0.2, 0.25) is 5.91 Å². The Morgan fingerprint density at radius 2 is 1.97 bits per heavy atom. The number of carbonyl (C=O) groups is 2. The first kappa shape index (κ1) is 23.6. The van der Waals surface area contributed by atoms with Gasteiger partial charge < -0.3 is 15.0 Å². The van der Waals surface area contributed by atoms with E-state index in [-0.39, 0.29) is 28.9 Å². The summed E-state index contributed by atoms with van der Waals surface area (Å²) in [6.07, 6.45) is -0.299. The van der Waals surface area contributed by atoms with E-state index in [1.165, 1.54) is 38.6 Å². The van der Waals surface area contributed by atoms with Gasteiger partial charge in [0, 0.05) is 22.7 Å². The quantitative estimate of drug-likeness (QED) is 0.356. The predicted molar refractivity (Wildman–Crippen MR) is 117 cm³/mol. The molecular formula is C22H18F5N7O2. The number of nitrogens with zero attached hydrogens (tertiary/aromatic N) is 4. The summed E-state index contributed by atoms with van der Waals surface area (Å²) >= 11 is 0. The highest BCUT2D eigenvalue weighted by Crippen LogP contribution is 2.38. The third-order valence-corrected chi connectivity index (χ3v) is 6.05. The minimum absolute atomic E-state index is 0.0789. The van der Waals surface area contributed by atoms with Gasteiger partial charge in [0.1, 0.15) is 12.0 Å². The molecule has 5 rings (SSSR count). The molecule has 1 aromatic carbocycles. The predicted octanol–water partition coefficient (Wildman–Crippen LogP) is 3.76. The molecule has 0 radical (unpaired) electrons. The summed E-state index contributed by atoms with van der Waals surface area (Å²) in [6, 6.07) is -1.32. The van der Waals surface area contributed by atoms with Crippen LogP contribution in [0.15, 0.2) is 24.8 Å². The van der Waals surface area contributed by atoms with E-state index < -0.39 is 41.9 Å². The van der Waals surface area contributed by atoms with Gasteiger partial charge in [-0.25, -0.2) is 13.8 Å². The van der Waals surface area contributed by atoms with Crippen LogP contribution in [0.2, 0.25) is 0 Å². The van der Waals surface area contributed by atoms with Crippen molar-refractivity contribution in [3.8, 4) is 11.3 Å². The highest BCUT2D eigenvalue weighted by atomic mass is 19.4. The van der Waals surface area contributed by atoms with E-state index in [1.54, 1.807) is 9.72 Å². The van der Waals surface area contributed by atoms with E-state index in [2.05, 4.69) is 25.5 Å². The van der Waals surface area contributed by atoms with Crippen molar-refractivity contribution in [3.63, 3.8) is 0 Å². The molecule has 188 valence electrons. The molecule has 0 saturated heterocycles. The van der Waals surface area contributed by atoms with Crippen LogP contribution in [-0.4, -0.2) is 48.7 Å². The zero-order valence-electron chi connectivity index (χ0n) is 18.7. The summed E-state index contributed by atoms with van der Waals surface area (Å²) in [7, 11) is 0. The third-order valence-electron chi connectivity index (χ3n) is 6.05. The molecule has 36 heavy (non-hydrogen) atoms. The van der Waals surface area contributed by atoms with E-state index >= 15 is 4.39 Å². The van der Waals surface area contributed by atoms with Gasteiger partial charge in [0.25, 0.3) is 0 Å². The molecule has 1 unspecified atom stereocenters. The molecule has 0 spiro atoms. The molecule has 4 aromatic rings. The van der Waals surface area contributed by atoms with E-state index in [0.717, 1.165) is 0 Å². The Morgan fingerprint density at radius 3 is 2.64 bits per heavy atom. The highest BCUT2D eigenvalue weighted by Gasteiger charge is 2.44.